The maximum Gasteiger partial charge on any atom is 0.102 e. The van der Waals surface area contributed by atoms with E-state index in [4.69, 9.17) is 11.0 Å². The summed E-state index contributed by atoms with van der Waals surface area (Å²) in [7, 11) is 0. The molecule has 3 heteroatoms. The minimum absolute atomic E-state index is 0.711. The Morgan fingerprint density at radius 3 is 2.71 bits per heavy atom. The normalized spacial score (nSPS) is 10.4. The molecule has 0 fully saturated rings. The highest BCUT2D eigenvalue weighted by Gasteiger charge is 2.08. The SMILES string of the molecule is Cc1cc2c(C#N)c(C)[nH]c2cc1N. The number of aromatic nitrogens is 1. The van der Waals surface area contributed by atoms with Gasteiger partial charge in [-0.25, -0.2) is 0 Å². The van der Waals surface area contributed by atoms with E-state index in [2.05, 4.69) is 11.1 Å². The van der Waals surface area contributed by atoms with Crippen LogP contribution in [0.5, 0.6) is 0 Å². The Morgan fingerprint density at radius 1 is 1.36 bits per heavy atom. The molecule has 0 atom stereocenters. The zero-order valence-corrected chi connectivity index (χ0v) is 8.18. The Bertz CT molecular complexity index is 544. The van der Waals surface area contributed by atoms with Gasteiger partial charge in [0.1, 0.15) is 6.07 Å². The second-order valence-electron chi connectivity index (χ2n) is 3.49. The van der Waals surface area contributed by atoms with E-state index in [1.807, 2.05) is 26.0 Å². The maximum atomic E-state index is 8.96. The Kier molecular flexibility index (Phi) is 1.71. The minimum atomic E-state index is 0.711. The largest absolute Gasteiger partial charge is 0.398 e. The molecule has 1 aromatic heterocycles. The molecule has 1 aromatic carbocycles. The van der Waals surface area contributed by atoms with Crippen LogP contribution in [0.25, 0.3) is 10.9 Å². The van der Waals surface area contributed by atoms with Crippen LogP contribution in [0.2, 0.25) is 0 Å². The molecule has 0 amide bonds. The van der Waals surface area contributed by atoms with Crippen molar-refractivity contribution in [3.8, 4) is 6.07 Å². The highest BCUT2D eigenvalue weighted by atomic mass is 14.7. The number of nitrogen functional groups attached to an aromatic ring is 1. The molecule has 3 nitrogen and oxygen atoms in total. The number of rotatable bonds is 0. The van der Waals surface area contributed by atoms with Crippen LogP contribution in [-0.4, -0.2) is 4.98 Å². The predicted molar refractivity (Wildman–Crippen MR) is 56.9 cm³/mol. The van der Waals surface area contributed by atoms with Crippen LogP contribution in [0.4, 0.5) is 5.69 Å². The molecule has 70 valence electrons. The molecule has 0 spiro atoms. The van der Waals surface area contributed by atoms with E-state index < -0.39 is 0 Å². The Balaban J connectivity index is 2.91. The van der Waals surface area contributed by atoms with Crippen molar-refractivity contribution in [2.24, 2.45) is 0 Å². The highest BCUT2D eigenvalue weighted by molar-refractivity contribution is 5.90. The summed E-state index contributed by atoms with van der Waals surface area (Å²) >= 11 is 0. The maximum absolute atomic E-state index is 8.96. The molecule has 2 rings (SSSR count). The number of benzene rings is 1. The lowest BCUT2D eigenvalue weighted by Crippen LogP contribution is -1.88. The zero-order chi connectivity index (χ0) is 10.3. The summed E-state index contributed by atoms with van der Waals surface area (Å²) in [6.45, 7) is 3.84. The summed E-state index contributed by atoms with van der Waals surface area (Å²) in [5.74, 6) is 0. The van der Waals surface area contributed by atoms with Crippen LogP contribution in [0, 0.1) is 25.2 Å². The van der Waals surface area contributed by atoms with Crippen LogP contribution in [0.3, 0.4) is 0 Å². The average molecular weight is 185 g/mol. The van der Waals surface area contributed by atoms with Gasteiger partial charge >= 0.3 is 0 Å². The number of hydrogen-bond acceptors (Lipinski definition) is 2. The van der Waals surface area contributed by atoms with Crippen molar-refractivity contribution >= 4 is 16.6 Å². The van der Waals surface area contributed by atoms with Crippen LogP contribution in [-0.2, 0) is 0 Å². The van der Waals surface area contributed by atoms with Gasteiger partial charge in [0.05, 0.1) is 5.56 Å². The standard InChI is InChI=1S/C11H11N3/c1-6-3-8-9(5-12)7(2)14-11(8)4-10(6)13/h3-4,14H,13H2,1-2H3. The molecule has 0 saturated carbocycles. The first-order valence-electron chi connectivity index (χ1n) is 4.42. The van der Waals surface area contributed by atoms with Crippen molar-refractivity contribution in [1.82, 2.24) is 4.98 Å². The number of fused-ring (bicyclic) bond motifs is 1. The lowest BCUT2D eigenvalue weighted by atomic mass is 10.1. The molecule has 0 unspecified atom stereocenters. The summed E-state index contributed by atoms with van der Waals surface area (Å²) in [6.07, 6.45) is 0. The van der Waals surface area contributed by atoms with Gasteiger partial charge in [-0.1, -0.05) is 0 Å². The Labute approximate surface area is 82.1 Å². The molecule has 0 aliphatic heterocycles. The van der Waals surface area contributed by atoms with E-state index in [-0.39, 0.29) is 0 Å². The van der Waals surface area contributed by atoms with E-state index in [9.17, 15) is 0 Å². The fraction of sp³-hybridized carbons (Fsp3) is 0.182. The molecule has 0 aliphatic rings. The summed E-state index contributed by atoms with van der Waals surface area (Å²) in [4.78, 5) is 3.14. The Morgan fingerprint density at radius 2 is 2.07 bits per heavy atom. The summed E-state index contributed by atoms with van der Waals surface area (Å²) < 4.78 is 0. The number of H-pyrrole nitrogens is 1. The predicted octanol–water partition coefficient (Wildman–Crippen LogP) is 2.24. The first-order chi connectivity index (χ1) is 6.63. The van der Waals surface area contributed by atoms with Crippen LogP contribution < -0.4 is 5.73 Å². The number of nitriles is 1. The molecule has 2 aromatic rings. The lowest BCUT2D eigenvalue weighted by Gasteiger charge is -1.99. The molecule has 14 heavy (non-hydrogen) atoms. The average Bonchev–Trinajstić information content (AvgIpc) is 2.42. The van der Waals surface area contributed by atoms with Crippen molar-refractivity contribution in [2.75, 3.05) is 5.73 Å². The van der Waals surface area contributed by atoms with Gasteiger partial charge in [-0.05, 0) is 31.5 Å². The molecule has 0 aliphatic carbocycles. The van der Waals surface area contributed by atoms with Gasteiger partial charge in [0.15, 0.2) is 0 Å². The smallest absolute Gasteiger partial charge is 0.102 e. The molecule has 0 bridgehead atoms. The van der Waals surface area contributed by atoms with Crippen molar-refractivity contribution in [3.63, 3.8) is 0 Å². The van der Waals surface area contributed by atoms with Crippen molar-refractivity contribution < 1.29 is 0 Å². The number of nitrogens with two attached hydrogens (primary N) is 1. The first kappa shape index (κ1) is 8.64. The second-order valence-corrected chi connectivity index (χ2v) is 3.49. The minimum Gasteiger partial charge on any atom is -0.398 e. The van der Waals surface area contributed by atoms with Gasteiger partial charge in [0.25, 0.3) is 0 Å². The third-order valence-electron chi connectivity index (χ3n) is 2.48. The summed E-state index contributed by atoms with van der Waals surface area (Å²) in [5, 5.41) is 9.92. The summed E-state index contributed by atoms with van der Waals surface area (Å²) in [5.41, 5.74) is 10.1. The monoisotopic (exact) mass is 185 g/mol. The van der Waals surface area contributed by atoms with E-state index in [0.29, 0.717) is 5.56 Å². The topological polar surface area (TPSA) is 65.6 Å². The molecule has 1 heterocycles. The molecule has 0 saturated heterocycles. The fourth-order valence-electron chi connectivity index (χ4n) is 1.65. The van der Waals surface area contributed by atoms with Gasteiger partial charge in [-0.15, -0.1) is 0 Å². The first-order valence-corrected chi connectivity index (χ1v) is 4.42. The number of anilines is 1. The fourth-order valence-corrected chi connectivity index (χ4v) is 1.65. The number of aryl methyl sites for hydroxylation is 2. The number of nitrogens with zero attached hydrogens (tertiary/aromatic N) is 1. The molecule has 3 N–H and O–H groups in total. The zero-order valence-electron chi connectivity index (χ0n) is 8.18. The van der Waals surface area contributed by atoms with Crippen molar-refractivity contribution in [2.45, 2.75) is 13.8 Å². The van der Waals surface area contributed by atoms with Gasteiger partial charge in [0, 0.05) is 22.3 Å². The molecular weight excluding hydrogens is 174 g/mol. The van der Waals surface area contributed by atoms with E-state index in [1.54, 1.807) is 0 Å². The third-order valence-corrected chi connectivity index (χ3v) is 2.48. The number of hydrogen-bond donors (Lipinski definition) is 2. The van der Waals surface area contributed by atoms with Crippen LogP contribution in [0.15, 0.2) is 12.1 Å². The van der Waals surface area contributed by atoms with Gasteiger partial charge in [-0.3, -0.25) is 0 Å². The van der Waals surface area contributed by atoms with E-state index >= 15 is 0 Å². The van der Waals surface area contributed by atoms with E-state index in [1.165, 1.54) is 0 Å². The van der Waals surface area contributed by atoms with Crippen LogP contribution >= 0.6 is 0 Å². The van der Waals surface area contributed by atoms with Gasteiger partial charge in [0.2, 0.25) is 0 Å². The van der Waals surface area contributed by atoms with Crippen molar-refractivity contribution in [1.29, 1.82) is 5.26 Å². The van der Waals surface area contributed by atoms with Gasteiger partial charge < -0.3 is 10.7 Å². The van der Waals surface area contributed by atoms with Crippen molar-refractivity contribution in [3.05, 3.63) is 29.0 Å². The number of aromatic amines is 1. The number of nitrogens with one attached hydrogen (secondary N) is 1. The Hall–Kier alpha value is -1.95. The van der Waals surface area contributed by atoms with Crippen LogP contribution in [0.1, 0.15) is 16.8 Å². The molecular formula is C11H11N3. The van der Waals surface area contributed by atoms with Gasteiger partial charge in [-0.2, -0.15) is 5.26 Å². The van der Waals surface area contributed by atoms with E-state index in [0.717, 1.165) is 27.8 Å². The second kappa shape index (κ2) is 2.78. The summed E-state index contributed by atoms with van der Waals surface area (Å²) in [6, 6.07) is 6.02. The highest BCUT2D eigenvalue weighted by Crippen LogP contribution is 2.25. The molecule has 0 radical (unpaired) electrons. The quantitative estimate of drug-likeness (QED) is 0.618. The lowest BCUT2D eigenvalue weighted by molar-refractivity contribution is 1.28. The third kappa shape index (κ3) is 1.05.